The molecule has 0 aliphatic carbocycles. The van der Waals surface area contributed by atoms with E-state index in [1.165, 1.54) is 0 Å². The van der Waals surface area contributed by atoms with Gasteiger partial charge in [0.25, 0.3) is 0 Å². The van der Waals surface area contributed by atoms with Crippen molar-refractivity contribution in [3.63, 3.8) is 0 Å². The highest BCUT2D eigenvalue weighted by molar-refractivity contribution is 5.98. The first-order valence-electron chi connectivity index (χ1n) is 7.71. The van der Waals surface area contributed by atoms with Crippen molar-refractivity contribution in [2.24, 2.45) is 0 Å². The molecule has 3 aromatic rings. The summed E-state index contributed by atoms with van der Waals surface area (Å²) in [7, 11) is 0. The van der Waals surface area contributed by atoms with Gasteiger partial charge in [0.05, 0.1) is 6.61 Å². The lowest BCUT2D eigenvalue weighted by atomic mass is 9.96. The van der Waals surface area contributed by atoms with Gasteiger partial charge in [0, 0.05) is 22.7 Å². The van der Waals surface area contributed by atoms with Crippen LogP contribution in [0.25, 0.3) is 16.5 Å². The molecule has 0 aliphatic heterocycles. The molecule has 3 nitrogen and oxygen atoms in total. The highest BCUT2D eigenvalue weighted by Gasteiger charge is 2.10. The molecule has 1 heterocycles. The number of nitrogens with one attached hydrogen (secondary N) is 1. The molecule has 0 saturated heterocycles. The summed E-state index contributed by atoms with van der Waals surface area (Å²) < 4.78 is 5.09. The van der Waals surface area contributed by atoms with E-state index in [2.05, 4.69) is 17.1 Å². The van der Waals surface area contributed by atoms with Crippen LogP contribution < -0.4 is 0 Å². The topological polar surface area (TPSA) is 42.1 Å². The van der Waals surface area contributed by atoms with Crippen LogP contribution in [0.1, 0.15) is 23.7 Å². The Morgan fingerprint density at radius 3 is 2.61 bits per heavy atom. The van der Waals surface area contributed by atoms with E-state index >= 15 is 0 Å². The van der Waals surface area contributed by atoms with E-state index in [1.807, 2.05) is 56.3 Å². The molecule has 0 aliphatic rings. The Morgan fingerprint density at radius 1 is 1.09 bits per heavy atom. The third-order valence-electron chi connectivity index (χ3n) is 3.70. The van der Waals surface area contributed by atoms with Crippen molar-refractivity contribution in [2.45, 2.75) is 13.8 Å². The van der Waals surface area contributed by atoms with E-state index in [4.69, 9.17) is 4.74 Å². The average molecular weight is 305 g/mol. The summed E-state index contributed by atoms with van der Waals surface area (Å²) in [6.07, 6.45) is 1.57. The molecule has 3 rings (SSSR count). The summed E-state index contributed by atoms with van der Waals surface area (Å²) >= 11 is 0. The largest absolute Gasteiger partial charge is 0.463 e. The fraction of sp³-hybridized carbons (Fsp3) is 0.150. The lowest BCUT2D eigenvalue weighted by Gasteiger charge is -2.09. The number of carbonyl (C=O) groups excluding carboxylic acids is 1. The van der Waals surface area contributed by atoms with E-state index in [9.17, 15) is 4.79 Å². The van der Waals surface area contributed by atoms with Gasteiger partial charge in [0.2, 0.25) is 0 Å². The highest BCUT2D eigenvalue weighted by atomic mass is 16.5. The maximum Gasteiger partial charge on any atom is 0.331 e. The van der Waals surface area contributed by atoms with Crippen LogP contribution in [0.15, 0.2) is 60.7 Å². The number of rotatable bonds is 4. The molecule has 1 aromatic heterocycles. The Kier molecular flexibility index (Phi) is 4.29. The first-order chi connectivity index (χ1) is 11.2. The summed E-state index contributed by atoms with van der Waals surface area (Å²) in [6.45, 7) is 4.21. The summed E-state index contributed by atoms with van der Waals surface area (Å²) in [5.74, 6) is -0.323. The van der Waals surface area contributed by atoms with Crippen molar-refractivity contribution in [1.82, 2.24) is 4.98 Å². The number of aromatic nitrogens is 1. The molecule has 2 aromatic carbocycles. The number of aromatic amines is 1. The monoisotopic (exact) mass is 305 g/mol. The summed E-state index contributed by atoms with van der Waals surface area (Å²) in [5.41, 5.74) is 5.07. The van der Waals surface area contributed by atoms with Gasteiger partial charge in [-0.3, -0.25) is 0 Å². The lowest BCUT2D eigenvalue weighted by Crippen LogP contribution is -2.01. The van der Waals surface area contributed by atoms with E-state index < -0.39 is 0 Å². The Hall–Kier alpha value is -2.81. The zero-order valence-electron chi connectivity index (χ0n) is 13.3. The molecule has 0 bridgehead atoms. The minimum absolute atomic E-state index is 0.323. The van der Waals surface area contributed by atoms with E-state index in [1.54, 1.807) is 6.08 Å². The third kappa shape index (κ3) is 3.34. The van der Waals surface area contributed by atoms with Crippen molar-refractivity contribution < 1.29 is 9.53 Å². The molecule has 0 saturated carbocycles. The zero-order chi connectivity index (χ0) is 16.2. The molecular weight excluding hydrogens is 286 g/mol. The number of fused-ring (bicyclic) bond motifs is 1. The number of carbonyl (C=O) groups is 1. The van der Waals surface area contributed by atoms with E-state index in [-0.39, 0.29) is 5.97 Å². The predicted molar refractivity (Wildman–Crippen MR) is 93.2 cm³/mol. The summed E-state index contributed by atoms with van der Waals surface area (Å²) in [6, 6.07) is 18.2. The van der Waals surface area contributed by atoms with Gasteiger partial charge < -0.3 is 9.72 Å². The second-order valence-corrected chi connectivity index (χ2v) is 5.43. The minimum Gasteiger partial charge on any atom is -0.463 e. The first kappa shape index (κ1) is 15.1. The number of hydrogen-bond donors (Lipinski definition) is 1. The van der Waals surface area contributed by atoms with Gasteiger partial charge in [-0.05, 0) is 48.7 Å². The number of H-pyrrole nitrogens is 1. The van der Waals surface area contributed by atoms with Crippen LogP contribution in [-0.4, -0.2) is 17.6 Å². The lowest BCUT2D eigenvalue weighted by molar-refractivity contribution is -0.137. The number of benzene rings is 2. The molecule has 0 unspecified atom stereocenters. The molecule has 23 heavy (non-hydrogen) atoms. The number of ether oxygens (including phenoxy) is 1. The Labute approximate surface area is 135 Å². The maximum atomic E-state index is 12.0. The normalized spacial score (nSPS) is 11.7. The molecule has 1 N–H and O–H groups in total. The van der Waals surface area contributed by atoms with Crippen molar-refractivity contribution in [1.29, 1.82) is 0 Å². The molecule has 0 spiro atoms. The zero-order valence-corrected chi connectivity index (χ0v) is 13.3. The van der Waals surface area contributed by atoms with Crippen LogP contribution in [0.2, 0.25) is 0 Å². The van der Waals surface area contributed by atoms with E-state index in [0.717, 1.165) is 33.3 Å². The fourth-order valence-electron chi connectivity index (χ4n) is 2.70. The fourth-order valence-corrected chi connectivity index (χ4v) is 2.70. The van der Waals surface area contributed by atoms with Crippen LogP contribution in [0.5, 0.6) is 0 Å². The van der Waals surface area contributed by atoms with Gasteiger partial charge in [0.15, 0.2) is 0 Å². The summed E-state index contributed by atoms with van der Waals surface area (Å²) in [5, 5.41) is 1.13. The van der Waals surface area contributed by atoms with Crippen LogP contribution in [0.4, 0.5) is 0 Å². The maximum absolute atomic E-state index is 12.0. The molecule has 0 fully saturated rings. The molecule has 116 valence electrons. The Morgan fingerprint density at radius 2 is 1.87 bits per heavy atom. The second kappa shape index (κ2) is 6.53. The first-order valence-corrected chi connectivity index (χ1v) is 7.71. The Balaban J connectivity index is 2.11. The average Bonchev–Trinajstić information content (AvgIpc) is 2.93. The SMILES string of the molecule is CCOC(=O)/C=C(\c1ccccc1)c1ccc2[nH]c(C)cc2c1. The van der Waals surface area contributed by atoms with Crippen molar-refractivity contribution in [2.75, 3.05) is 6.61 Å². The number of hydrogen-bond acceptors (Lipinski definition) is 2. The van der Waals surface area contributed by atoms with Crippen LogP contribution in [0, 0.1) is 6.92 Å². The van der Waals surface area contributed by atoms with Gasteiger partial charge in [-0.15, -0.1) is 0 Å². The van der Waals surface area contributed by atoms with Crippen LogP contribution in [0.3, 0.4) is 0 Å². The van der Waals surface area contributed by atoms with Gasteiger partial charge in [-0.1, -0.05) is 36.4 Å². The van der Waals surface area contributed by atoms with Crippen LogP contribution in [-0.2, 0) is 9.53 Å². The van der Waals surface area contributed by atoms with Gasteiger partial charge in [-0.25, -0.2) is 4.79 Å². The van der Waals surface area contributed by atoms with Gasteiger partial charge >= 0.3 is 5.97 Å². The van der Waals surface area contributed by atoms with Crippen molar-refractivity contribution >= 4 is 22.4 Å². The number of aryl methyl sites for hydroxylation is 1. The van der Waals surface area contributed by atoms with Crippen LogP contribution >= 0.6 is 0 Å². The highest BCUT2D eigenvalue weighted by Crippen LogP contribution is 2.27. The number of esters is 1. The third-order valence-corrected chi connectivity index (χ3v) is 3.70. The Bertz CT molecular complexity index is 860. The molecule has 0 radical (unpaired) electrons. The molecule has 3 heteroatoms. The molecular formula is C20H19NO2. The van der Waals surface area contributed by atoms with Gasteiger partial charge in [-0.2, -0.15) is 0 Å². The van der Waals surface area contributed by atoms with Crippen molar-refractivity contribution in [3.05, 3.63) is 77.5 Å². The smallest absolute Gasteiger partial charge is 0.331 e. The second-order valence-electron chi connectivity index (χ2n) is 5.43. The summed E-state index contributed by atoms with van der Waals surface area (Å²) in [4.78, 5) is 15.3. The molecule has 0 atom stereocenters. The minimum atomic E-state index is -0.323. The predicted octanol–water partition coefficient (Wildman–Crippen LogP) is 4.47. The van der Waals surface area contributed by atoms with Crippen molar-refractivity contribution in [3.8, 4) is 0 Å². The standard InChI is InChI=1S/C20H19NO2/c1-3-23-20(22)13-18(15-7-5-4-6-8-15)16-9-10-19-17(12-16)11-14(2)21-19/h4-13,21H,3H2,1-2H3/b18-13+. The quantitative estimate of drug-likeness (QED) is 0.571. The van der Waals surface area contributed by atoms with Gasteiger partial charge in [0.1, 0.15) is 0 Å². The molecule has 0 amide bonds. The van der Waals surface area contributed by atoms with E-state index in [0.29, 0.717) is 6.61 Å².